The van der Waals surface area contributed by atoms with Crippen molar-refractivity contribution in [3.05, 3.63) is 99.5 Å². The van der Waals surface area contributed by atoms with Crippen molar-refractivity contribution in [1.29, 1.82) is 0 Å². The molecule has 2 aliphatic heterocycles. The van der Waals surface area contributed by atoms with Gasteiger partial charge in [0.2, 0.25) is 29.0 Å². The van der Waals surface area contributed by atoms with Gasteiger partial charge in [0.15, 0.2) is 0 Å². The lowest BCUT2D eigenvalue weighted by Crippen LogP contribution is -2.51. The molecule has 3 aromatic rings. The second kappa shape index (κ2) is 7.34. The van der Waals surface area contributed by atoms with Gasteiger partial charge in [-0.1, -0.05) is 77.8 Å². The van der Waals surface area contributed by atoms with Crippen LogP contribution in [0.25, 0.3) is 0 Å². The van der Waals surface area contributed by atoms with Crippen molar-refractivity contribution in [1.82, 2.24) is 0 Å². The number of hydrogen-bond acceptors (Lipinski definition) is 5. The van der Waals surface area contributed by atoms with E-state index in [1.54, 1.807) is 42.5 Å². The molecule has 0 radical (unpaired) electrons. The summed E-state index contributed by atoms with van der Waals surface area (Å²) in [6.45, 7) is 0. The van der Waals surface area contributed by atoms with Gasteiger partial charge in [0.05, 0.1) is 33.7 Å². The van der Waals surface area contributed by atoms with Gasteiger partial charge in [-0.25, -0.2) is 4.90 Å². The van der Waals surface area contributed by atoms with E-state index in [0.29, 0.717) is 5.56 Å². The number of carbonyl (C=O) groups excluding carboxylic acids is 4. The number of carbonyl (C=O) groups is 4. The number of ketones is 2. The zero-order chi connectivity index (χ0) is 23.8. The molecule has 0 bridgehead atoms. The molecule has 6 nitrogen and oxygen atoms in total. The smallest absolute Gasteiger partial charge is 0.241 e. The predicted molar refractivity (Wildman–Crippen MR) is 124 cm³/mol. The Hall–Kier alpha value is -3.32. The number of anilines is 1. The number of hydrogen-bond donors (Lipinski definition) is 0. The molecule has 34 heavy (non-hydrogen) atoms. The fraction of sp³-hybridized carbons (Fsp3) is 0.154. The van der Waals surface area contributed by atoms with Crippen molar-refractivity contribution in [2.45, 2.75) is 11.7 Å². The molecule has 3 aromatic carbocycles. The Morgan fingerprint density at radius 2 is 1.35 bits per heavy atom. The Morgan fingerprint density at radius 1 is 0.735 bits per heavy atom. The van der Waals surface area contributed by atoms with Gasteiger partial charge < -0.3 is 4.74 Å². The summed E-state index contributed by atoms with van der Waals surface area (Å²) in [5.74, 6) is -4.81. The first-order valence-corrected chi connectivity index (χ1v) is 11.4. The molecule has 2 heterocycles. The van der Waals surface area contributed by atoms with Gasteiger partial charge in [-0.3, -0.25) is 19.2 Å². The van der Waals surface area contributed by atoms with Crippen LogP contribution < -0.4 is 4.90 Å². The van der Waals surface area contributed by atoms with E-state index in [2.05, 4.69) is 0 Å². The Labute approximate surface area is 204 Å². The van der Waals surface area contributed by atoms with Gasteiger partial charge in [-0.2, -0.15) is 0 Å². The average molecular weight is 492 g/mol. The number of fused-ring (bicyclic) bond motifs is 3. The van der Waals surface area contributed by atoms with E-state index in [0.717, 1.165) is 4.90 Å². The molecule has 0 unspecified atom stereocenters. The molecule has 0 saturated carbocycles. The van der Waals surface area contributed by atoms with Crippen LogP contribution in [0.4, 0.5) is 5.69 Å². The van der Waals surface area contributed by atoms with Gasteiger partial charge >= 0.3 is 0 Å². The first-order valence-electron chi connectivity index (χ1n) is 10.6. The normalized spacial score (nSPS) is 24.8. The van der Waals surface area contributed by atoms with Gasteiger partial charge in [0.25, 0.3) is 0 Å². The minimum Gasteiger partial charge on any atom is -0.349 e. The summed E-state index contributed by atoms with van der Waals surface area (Å²) in [6.07, 6.45) is -0.961. The first-order chi connectivity index (χ1) is 16.4. The summed E-state index contributed by atoms with van der Waals surface area (Å²) in [6, 6.07) is 19.6. The Kier molecular flexibility index (Phi) is 4.58. The number of amides is 2. The molecule has 2 saturated heterocycles. The first kappa shape index (κ1) is 21.2. The second-order valence-electron chi connectivity index (χ2n) is 8.50. The summed E-state index contributed by atoms with van der Waals surface area (Å²) >= 11 is 12.2. The van der Waals surface area contributed by atoms with E-state index in [4.69, 9.17) is 27.9 Å². The average Bonchev–Trinajstić information content (AvgIpc) is 3.42. The van der Waals surface area contributed by atoms with Crippen LogP contribution in [-0.4, -0.2) is 29.0 Å². The lowest BCUT2D eigenvalue weighted by Gasteiger charge is -2.27. The lowest BCUT2D eigenvalue weighted by molar-refractivity contribution is -0.127. The molecule has 3 aliphatic rings. The largest absolute Gasteiger partial charge is 0.349 e. The van der Waals surface area contributed by atoms with E-state index in [1.807, 2.05) is 0 Å². The topological polar surface area (TPSA) is 80.8 Å². The Balaban J connectivity index is 1.55. The maximum Gasteiger partial charge on any atom is 0.241 e. The van der Waals surface area contributed by atoms with Gasteiger partial charge in [0.1, 0.15) is 0 Å². The van der Waals surface area contributed by atoms with Crippen molar-refractivity contribution < 1.29 is 23.9 Å². The van der Waals surface area contributed by atoms with E-state index in [9.17, 15) is 19.2 Å². The summed E-state index contributed by atoms with van der Waals surface area (Å²) in [5.41, 5.74) is -0.910. The summed E-state index contributed by atoms with van der Waals surface area (Å²) < 4.78 is 6.22. The number of nitrogens with zero attached hydrogens (tertiary/aromatic N) is 1. The highest BCUT2D eigenvalue weighted by molar-refractivity contribution is 6.42. The molecule has 2 amide bonds. The highest BCUT2D eigenvalue weighted by atomic mass is 35.5. The molecular weight excluding hydrogens is 477 g/mol. The van der Waals surface area contributed by atoms with Crippen LogP contribution in [0.5, 0.6) is 0 Å². The van der Waals surface area contributed by atoms with Gasteiger partial charge in [-0.15, -0.1) is 0 Å². The van der Waals surface area contributed by atoms with Crippen LogP contribution in [0.1, 0.15) is 32.4 Å². The molecule has 0 aromatic heterocycles. The van der Waals surface area contributed by atoms with Crippen molar-refractivity contribution in [2.75, 3.05) is 4.90 Å². The van der Waals surface area contributed by atoms with Crippen molar-refractivity contribution in [3.63, 3.8) is 0 Å². The third-order valence-corrected chi connectivity index (χ3v) is 7.55. The van der Waals surface area contributed by atoms with Crippen LogP contribution in [0.15, 0.2) is 72.8 Å². The number of ether oxygens (including phenoxy) is 1. The van der Waals surface area contributed by atoms with Crippen LogP contribution in [0.3, 0.4) is 0 Å². The summed E-state index contributed by atoms with van der Waals surface area (Å²) in [4.78, 5) is 55.9. The van der Waals surface area contributed by atoms with E-state index < -0.39 is 46.9 Å². The summed E-state index contributed by atoms with van der Waals surface area (Å²) in [7, 11) is 0. The molecule has 0 N–H and O–H groups in total. The minimum absolute atomic E-state index is 0.169. The molecule has 168 valence electrons. The van der Waals surface area contributed by atoms with Crippen LogP contribution >= 0.6 is 23.2 Å². The molecule has 6 rings (SSSR count). The van der Waals surface area contributed by atoms with E-state index in [-0.39, 0.29) is 26.9 Å². The second-order valence-corrected chi connectivity index (χ2v) is 9.32. The molecule has 1 aliphatic carbocycles. The Morgan fingerprint density at radius 3 is 1.97 bits per heavy atom. The highest BCUT2D eigenvalue weighted by Crippen LogP contribution is 2.57. The third-order valence-electron chi connectivity index (χ3n) is 6.81. The van der Waals surface area contributed by atoms with Crippen molar-refractivity contribution >= 4 is 52.3 Å². The fourth-order valence-electron chi connectivity index (χ4n) is 5.34. The maximum absolute atomic E-state index is 13.8. The van der Waals surface area contributed by atoms with Gasteiger partial charge in [0, 0.05) is 11.1 Å². The SMILES string of the molecule is O=C1[C@@H]2[C@H](c3ccccc3)OC3(C(=O)c4ccccc4C3=O)[C@H]2C(=O)N1c1ccc(Cl)c(Cl)c1. The number of Topliss-reactive ketones (excluding diaryl/α,β-unsaturated/α-hetero) is 2. The zero-order valence-corrected chi connectivity index (χ0v) is 18.9. The number of benzene rings is 3. The number of halogens is 2. The third kappa shape index (κ3) is 2.61. The van der Waals surface area contributed by atoms with Crippen LogP contribution in [0, 0.1) is 11.8 Å². The lowest BCUT2D eigenvalue weighted by atomic mass is 9.77. The molecular formula is C26H15Cl2NO5. The fourth-order valence-corrected chi connectivity index (χ4v) is 5.63. The zero-order valence-electron chi connectivity index (χ0n) is 17.4. The summed E-state index contributed by atoms with van der Waals surface area (Å²) in [5, 5.41) is 0.436. The number of imide groups is 1. The van der Waals surface area contributed by atoms with Gasteiger partial charge in [-0.05, 0) is 23.8 Å². The predicted octanol–water partition coefficient (Wildman–Crippen LogP) is 4.69. The van der Waals surface area contributed by atoms with Crippen LogP contribution in [0.2, 0.25) is 10.0 Å². The monoisotopic (exact) mass is 491 g/mol. The molecule has 3 atom stereocenters. The number of rotatable bonds is 2. The minimum atomic E-state index is -2.10. The van der Waals surface area contributed by atoms with E-state index in [1.165, 1.54) is 30.3 Å². The molecule has 2 fully saturated rings. The molecule has 1 spiro atoms. The van der Waals surface area contributed by atoms with Crippen molar-refractivity contribution in [3.8, 4) is 0 Å². The van der Waals surface area contributed by atoms with E-state index >= 15 is 0 Å². The van der Waals surface area contributed by atoms with Crippen LogP contribution in [-0.2, 0) is 14.3 Å². The standard InChI is InChI=1S/C26H15Cl2NO5/c27-17-11-10-14(12-18(17)28)29-24(32)19-20(25(29)33)26(34-21(19)13-6-2-1-3-7-13)22(30)15-8-4-5-9-16(15)23(26)31/h1-12,19-21H/t19-,20+,21-/m0/s1. The molecule has 8 heteroatoms. The van der Waals surface area contributed by atoms with Crippen molar-refractivity contribution in [2.24, 2.45) is 11.8 Å². The quantitative estimate of drug-likeness (QED) is 0.383. The highest BCUT2D eigenvalue weighted by Gasteiger charge is 2.74. The Bertz CT molecular complexity index is 1380. The maximum atomic E-state index is 13.8.